The Morgan fingerprint density at radius 2 is 1.63 bits per heavy atom. The van der Waals surface area contributed by atoms with E-state index in [0.717, 1.165) is 17.5 Å². The van der Waals surface area contributed by atoms with Crippen LogP contribution in [0.5, 0.6) is 0 Å². The van der Waals surface area contributed by atoms with E-state index in [4.69, 9.17) is 4.74 Å². The molecule has 136 valence electrons. The molecule has 0 saturated carbocycles. The van der Waals surface area contributed by atoms with E-state index in [1.165, 1.54) is 24.8 Å². The number of hydrogen-bond donors (Lipinski definition) is 0. The number of rotatable bonds is 6. The van der Waals surface area contributed by atoms with Crippen LogP contribution < -0.4 is 0 Å². The molecule has 0 aromatic heterocycles. The zero-order valence-electron chi connectivity index (χ0n) is 15.1. The van der Waals surface area contributed by atoms with Crippen LogP contribution in [0.3, 0.4) is 0 Å². The second-order valence-electron chi connectivity index (χ2n) is 6.32. The second-order valence-corrected chi connectivity index (χ2v) is 6.32. The Bertz CT molecular complexity index is 897. The van der Waals surface area contributed by atoms with E-state index in [9.17, 15) is 9.18 Å². The first kappa shape index (κ1) is 18.6. The summed E-state index contributed by atoms with van der Waals surface area (Å²) in [5.41, 5.74) is 3.80. The molecule has 0 aliphatic heterocycles. The number of hydrogen-bond acceptors (Lipinski definition) is 2. The number of esters is 1. The molecule has 0 N–H and O–H groups in total. The average molecular weight is 360 g/mol. The third-order valence-corrected chi connectivity index (χ3v) is 4.45. The van der Waals surface area contributed by atoms with Gasteiger partial charge in [-0.25, -0.2) is 9.18 Å². The molecule has 1 unspecified atom stereocenters. The standard InChI is InChI=1S/C24H21FO2/c1-27-24(26)21-13-11-20(12-14-21)22(17-19-5-3-2-4-6-19)10-7-18-8-15-23(25)16-9-18/h2-16,22H,17H2,1H3. The summed E-state index contributed by atoms with van der Waals surface area (Å²) in [5.74, 6) is -0.460. The van der Waals surface area contributed by atoms with Gasteiger partial charge in [-0.05, 0) is 47.4 Å². The molecule has 1 atom stereocenters. The van der Waals surface area contributed by atoms with E-state index in [0.29, 0.717) is 5.56 Å². The highest BCUT2D eigenvalue weighted by molar-refractivity contribution is 5.89. The maximum atomic E-state index is 13.1. The summed E-state index contributed by atoms with van der Waals surface area (Å²) in [5, 5.41) is 0. The van der Waals surface area contributed by atoms with Crippen LogP contribution in [0.25, 0.3) is 6.08 Å². The maximum absolute atomic E-state index is 13.1. The molecule has 0 heterocycles. The van der Waals surface area contributed by atoms with Crippen molar-refractivity contribution in [1.29, 1.82) is 0 Å². The monoisotopic (exact) mass is 360 g/mol. The number of halogens is 1. The van der Waals surface area contributed by atoms with Crippen LogP contribution >= 0.6 is 0 Å². The van der Waals surface area contributed by atoms with Crippen molar-refractivity contribution in [2.24, 2.45) is 0 Å². The third kappa shape index (κ3) is 5.14. The van der Waals surface area contributed by atoms with Crippen LogP contribution in [0, 0.1) is 5.82 Å². The summed E-state index contributed by atoms with van der Waals surface area (Å²) in [6, 6.07) is 24.1. The number of allylic oxidation sites excluding steroid dienone is 1. The predicted octanol–water partition coefficient (Wildman–Crippen LogP) is 5.65. The van der Waals surface area contributed by atoms with Crippen molar-refractivity contribution < 1.29 is 13.9 Å². The molecule has 3 aromatic rings. The van der Waals surface area contributed by atoms with Gasteiger partial charge in [0.25, 0.3) is 0 Å². The normalized spacial score (nSPS) is 12.1. The highest BCUT2D eigenvalue weighted by atomic mass is 19.1. The Morgan fingerprint density at radius 1 is 0.963 bits per heavy atom. The lowest BCUT2D eigenvalue weighted by atomic mass is 9.90. The van der Waals surface area contributed by atoms with Crippen molar-refractivity contribution in [3.8, 4) is 0 Å². The number of carbonyl (C=O) groups is 1. The Kier molecular flexibility index (Phi) is 6.16. The topological polar surface area (TPSA) is 26.3 Å². The highest BCUT2D eigenvalue weighted by Crippen LogP contribution is 2.24. The van der Waals surface area contributed by atoms with Crippen molar-refractivity contribution in [3.63, 3.8) is 0 Å². The van der Waals surface area contributed by atoms with Crippen LogP contribution in [0.2, 0.25) is 0 Å². The molecule has 0 fully saturated rings. The van der Waals surface area contributed by atoms with E-state index in [1.807, 2.05) is 36.4 Å². The van der Waals surface area contributed by atoms with Gasteiger partial charge in [-0.1, -0.05) is 66.7 Å². The Hall–Kier alpha value is -3.20. The van der Waals surface area contributed by atoms with Gasteiger partial charge in [0.15, 0.2) is 0 Å². The van der Waals surface area contributed by atoms with Crippen molar-refractivity contribution in [1.82, 2.24) is 0 Å². The van der Waals surface area contributed by atoms with Crippen LogP contribution in [0.1, 0.15) is 33.0 Å². The minimum Gasteiger partial charge on any atom is -0.465 e. The average Bonchev–Trinajstić information content (AvgIpc) is 2.72. The van der Waals surface area contributed by atoms with Gasteiger partial charge in [-0.15, -0.1) is 0 Å². The van der Waals surface area contributed by atoms with Crippen molar-refractivity contribution in [3.05, 3.63) is 113 Å². The SMILES string of the molecule is COC(=O)c1ccc(C(C=Cc2ccc(F)cc2)Cc2ccccc2)cc1. The molecular weight excluding hydrogens is 339 g/mol. The molecule has 0 bridgehead atoms. The first-order valence-electron chi connectivity index (χ1n) is 8.81. The summed E-state index contributed by atoms with van der Waals surface area (Å²) in [6.07, 6.45) is 4.95. The maximum Gasteiger partial charge on any atom is 0.337 e. The van der Waals surface area contributed by atoms with Crippen LogP contribution in [0.15, 0.2) is 84.9 Å². The quantitative estimate of drug-likeness (QED) is 0.531. The first-order chi connectivity index (χ1) is 13.2. The molecule has 3 rings (SSSR count). The molecule has 0 amide bonds. The van der Waals surface area contributed by atoms with E-state index in [1.54, 1.807) is 24.3 Å². The zero-order valence-corrected chi connectivity index (χ0v) is 15.1. The molecule has 3 heteroatoms. The fourth-order valence-electron chi connectivity index (χ4n) is 2.95. The molecule has 0 aliphatic rings. The van der Waals surface area contributed by atoms with Crippen molar-refractivity contribution in [2.45, 2.75) is 12.3 Å². The minimum atomic E-state index is -0.344. The smallest absolute Gasteiger partial charge is 0.337 e. The molecule has 0 spiro atoms. The number of ether oxygens (including phenoxy) is 1. The van der Waals surface area contributed by atoms with Crippen LogP contribution in [-0.2, 0) is 11.2 Å². The molecule has 0 aliphatic carbocycles. The summed E-state index contributed by atoms with van der Waals surface area (Å²) >= 11 is 0. The third-order valence-electron chi connectivity index (χ3n) is 4.45. The second kappa shape index (κ2) is 8.95. The Balaban J connectivity index is 1.87. The molecule has 2 nitrogen and oxygen atoms in total. The fourth-order valence-corrected chi connectivity index (χ4v) is 2.95. The first-order valence-corrected chi connectivity index (χ1v) is 8.81. The lowest BCUT2D eigenvalue weighted by molar-refractivity contribution is 0.0600. The molecule has 27 heavy (non-hydrogen) atoms. The predicted molar refractivity (Wildman–Crippen MR) is 106 cm³/mol. The van der Waals surface area contributed by atoms with E-state index >= 15 is 0 Å². The van der Waals surface area contributed by atoms with Gasteiger partial charge in [-0.3, -0.25) is 0 Å². The van der Waals surface area contributed by atoms with Gasteiger partial charge >= 0.3 is 5.97 Å². The summed E-state index contributed by atoms with van der Waals surface area (Å²) in [6.45, 7) is 0. The van der Waals surface area contributed by atoms with E-state index < -0.39 is 0 Å². The number of carbonyl (C=O) groups excluding carboxylic acids is 1. The zero-order chi connectivity index (χ0) is 19.1. The van der Waals surface area contributed by atoms with Crippen molar-refractivity contribution >= 4 is 12.0 Å². The summed E-state index contributed by atoms with van der Waals surface area (Å²) < 4.78 is 17.9. The highest BCUT2D eigenvalue weighted by Gasteiger charge is 2.11. The van der Waals surface area contributed by atoms with Gasteiger partial charge in [0, 0.05) is 5.92 Å². The van der Waals surface area contributed by atoms with Gasteiger partial charge in [0.05, 0.1) is 12.7 Å². The molecule has 3 aromatic carbocycles. The fraction of sp³-hybridized carbons (Fsp3) is 0.125. The summed E-state index contributed by atoms with van der Waals surface area (Å²) in [7, 11) is 1.37. The molecule has 0 radical (unpaired) electrons. The lowest BCUT2D eigenvalue weighted by Crippen LogP contribution is -2.03. The van der Waals surface area contributed by atoms with Gasteiger partial charge < -0.3 is 4.74 Å². The largest absolute Gasteiger partial charge is 0.465 e. The van der Waals surface area contributed by atoms with Gasteiger partial charge in [0.1, 0.15) is 5.82 Å². The van der Waals surface area contributed by atoms with E-state index in [2.05, 4.69) is 18.2 Å². The number of benzene rings is 3. The Morgan fingerprint density at radius 3 is 2.26 bits per heavy atom. The van der Waals surface area contributed by atoms with E-state index in [-0.39, 0.29) is 17.7 Å². The number of methoxy groups -OCH3 is 1. The Labute approximate surface area is 158 Å². The molecule has 0 saturated heterocycles. The van der Waals surface area contributed by atoms with Crippen molar-refractivity contribution in [2.75, 3.05) is 7.11 Å². The summed E-state index contributed by atoms with van der Waals surface area (Å²) in [4.78, 5) is 11.7. The lowest BCUT2D eigenvalue weighted by Gasteiger charge is -2.14. The van der Waals surface area contributed by atoms with Crippen LogP contribution in [0.4, 0.5) is 4.39 Å². The molecular formula is C24H21FO2. The van der Waals surface area contributed by atoms with Crippen LogP contribution in [-0.4, -0.2) is 13.1 Å². The van der Waals surface area contributed by atoms with Gasteiger partial charge in [0.2, 0.25) is 0 Å². The van der Waals surface area contributed by atoms with Gasteiger partial charge in [-0.2, -0.15) is 0 Å². The minimum absolute atomic E-state index is 0.129.